The van der Waals surface area contributed by atoms with Crippen molar-refractivity contribution in [3.05, 3.63) is 0 Å². The quantitative estimate of drug-likeness (QED) is 0.0733. The Labute approximate surface area is 232 Å². The molecule has 0 unspecified atom stereocenters. The van der Waals surface area contributed by atoms with Crippen molar-refractivity contribution in [2.45, 2.75) is 122 Å². The molecule has 0 aliphatic heterocycles. The van der Waals surface area contributed by atoms with Crippen LogP contribution >= 0.6 is 0 Å². The third-order valence-corrected chi connectivity index (χ3v) is 6.27. The molecule has 0 bridgehead atoms. The minimum Gasteiger partial charge on any atom is -0.481 e. The summed E-state index contributed by atoms with van der Waals surface area (Å²) in [6.45, 7) is 6.74. The van der Waals surface area contributed by atoms with Crippen LogP contribution in [-0.2, 0) is 33.3 Å². The number of hydrogen-bond acceptors (Lipinski definition) is 7. The molecule has 0 saturated carbocycles. The molecule has 0 saturated heterocycles. The summed E-state index contributed by atoms with van der Waals surface area (Å²) in [5.41, 5.74) is 0. The average Bonchev–Trinajstić information content (AvgIpc) is 2.90. The van der Waals surface area contributed by atoms with Crippen molar-refractivity contribution >= 4 is 11.9 Å². The lowest BCUT2D eigenvalue weighted by Crippen LogP contribution is -2.14. The summed E-state index contributed by atoms with van der Waals surface area (Å²) in [6.07, 6.45) is 20.4. The predicted octanol–water partition coefficient (Wildman–Crippen LogP) is 6.72. The van der Waals surface area contributed by atoms with Crippen LogP contribution in [0.2, 0.25) is 0 Å². The summed E-state index contributed by atoms with van der Waals surface area (Å²) in [5, 5.41) is 8.54. The second-order valence-electron chi connectivity index (χ2n) is 9.87. The molecule has 0 rings (SSSR count). The van der Waals surface area contributed by atoms with Gasteiger partial charge in [0.05, 0.1) is 46.2 Å². The van der Waals surface area contributed by atoms with E-state index >= 15 is 0 Å². The predicted molar refractivity (Wildman–Crippen MR) is 151 cm³/mol. The van der Waals surface area contributed by atoms with E-state index < -0.39 is 5.97 Å². The Kier molecular flexibility index (Phi) is 31.0. The minimum atomic E-state index is -0.847. The van der Waals surface area contributed by atoms with E-state index in [2.05, 4.69) is 6.92 Å². The normalized spacial score (nSPS) is 11.2. The number of esters is 1. The van der Waals surface area contributed by atoms with Gasteiger partial charge in [0.15, 0.2) is 0 Å². The van der Waals surface area contributed by atoms with Crippen LogP contribution in [0.25, 0.3) is 0 Å². The Morgan fingerprint density at radius 1 is 0.447 bits per heavy atom. The first-order valence-corrected chi connectivity index (χ1v) is 15.3. The highest BCUT2D eigenvalue weighted by Crippen LogP contribution is 2.13. The average molecular weight is 547 g/mol. The van der Waals surface area contributed by atoms with Crippen molar-refractivity contribution in [2.24, 2.45) is 0 Å². The molecule has 0 spiro atoms. The van der Waals surface area contributed by atoms with Crippen molar-refractivity contribution in [1.29, 1.82) is 0 Å². The van der Waals surface area contributed by atoms with Gasteiger partial charge in [-0.2, -0.15) is 0 Å². The summed E-state index contributed by atoms with van der Waals surface area (Å²) in [6, 6.07) is 0. The first-order valence-electron chi connectivity index (χ1n) is 15.3. The third-order valence-electron chi connectivity index (χ3n) is 6.27. The standard InChI is InChI=1S/C30H58O8/c1-2-3-4-5-6-7-8-9-10-11-12-13-14-17-20-34-21-22-35-23-24-36-25-26-37-27-28-38-30(33)19-16-15-18-29(31)32/h2-28H2,1H3,(H,31,32). The molecule has 0 radical (unpaired) electrons. The summed E-state index contributed by atoms with van der Waals surface area (Å²) in [5.74, 6) is -1.17. The fourth-order valence-electron chi connectivity index (χ4n) is 3.99. The Bertz CT molecular complexity index is 501. The van der Waals surface area contributed by atoms with Gasteiger partial charge in [0.2, 0.25) is 0 Å². The van der Waals surface area contributed by atoms with Gasteiger partial charge in [-0.1, -0.05) is 90.4 Å². The monoisotopic (exact) mass is 546 g/mol. The van der Waals surface area contributed by atoms with E-state index in [0.29, 0.717) is 59.1 Å². The van der Waals surface area contributed by atoms with E-state index in [1.165, 1.54) is 83.5 Å². The highest BCUT2D eigenvalue weighted by Gasteiger charge is 2.04. The van der Waals surface area contributed by atoms with Crippen molar-refractivity contribution in [2.75, 3.05) is 59.5 Å². The van der Waals surface area contributed by atoms with Gasteiger partial charge in [-0.05, 0) is 19.3 Å². The Hall–Kier alpha value is -1.22. The van der Waals surface area contributed by atoms with Crippen molar-refractivity contribution in [3.8, 4) is 0 Å². The Morgan fingerprint density at radius 2 is 0.816 bits per heavy atom. The number of carbonyl (C=O) groups excluding carboxylic acids is 1. The van der Waals surface area contributed by atoms with Gasteiger partial charge >= 0.3 is 11.9 Å². The van der Waals surface area contributed by atoms with Crippen LogP contribution in [0.5, 0.6) is 0 Å². The molecule has 0 aliphatic carbocycles. The molecule has 0 aromatic rings. The maximum Gasteiger partial charge on any atom is 0.305 e. The molecule has 8 nitrogen and oxygen atoms in total. The lowest BCUT2D eigenvalue weighted by molar-refractivity contribution is -0.146. The van der Waals surface area contributed by atoms with Gasteiger partial charge < -0.3 is 28.8 Å². The zero-order chi connectivity index (χ0) is 27.8. The molecule has 226 valence electrons. The van der Waals surface area contributed by atoms with Crippen LogP contribution < -0.4 is 0 Å². The van der Waals surface area contributed by atoms with E-state index in [4.69, 9.17) is 28.8 Å². The largest absolute Gasteiger partial charge is 0.481 e. The lowest BCUT2D eigenvalue weighted by Gasteiger charge is -2.08. The topological polar surface area (TPSA) is 101 Å². The van der Waals surface area contributed by atoms with Crippen LogP contribution in [0, 0.1) is 0 Å². The van der Waals surface area contributed by atoms with Crippen LogP contribution in [0.4, 0.5) is 0 Å². The van der Waals surface area contributed by atoms with Gasteiger partial charge in [-0.3, -0.25) is 9.59 Å². The lowest BCUT2D eigenvalue weighted by atomic mass is 10.0. The number of ether oxygens (including phenoxy) is 5. The fourth-order valence-corrected chi connectivity index (χ4v) is 3.99. The van der Waals surface area contributed by atoms with E-state index in [1.807, 2.05) is 0 Å². The number of carboxylic acids is 1. The highest BCUT2D eigenvalue weighted by atomic mass is 16.6. The Morgan fingerprint density at radius 3 is 1.26 bits per heavy atom. The van der Waals surface area contributed by atoms with Crippen LogP contribution in [-0.4, -0.2) is 76.5 Å². The van der Waals surface area contributed by atoms with Crippen LogP contribution in [0.3, 0.4) is 0 Å². The van der Waals surface area contributed by atoms with Gasteiger partial charge in [0.25, 0.3) is 0 Å². The number of unbranched alkanes of at least 4 members (excludes halogenated alkanes) is 14. The number of carboxylic acid groups (broad SMARTS) is 1. The molecular formula is C30H58O8. The van der Waals surface area contributed by atoms with Crippen LogP contribution in [0.1, 0.15) is 122 Å². The summed E-state index contributed by atoms with van der Waals surface area (Å²) in [7, 11) is 0. The zero-order valence-corrected chi connectivity index (χ0v) is 24.4. The SMILES string of the molecule is CCCCCCCCCCCCCCCCOCCOCCOCCOCCOC(=O)CCCCC(=O)O. The van der Waals surface area contributed by atoms with Crippen molar-refractivity contribution < 1.29 is 38.4 Å². The number of aliphatic carboxylic acids is 1. The highest BCUT2D eigenvalue weighted by molar-refractivity contribution is 5.69. The van der Waals surface area contributed by atoms with Crippen molar-refractivity contribution in [1.82, 2.24) is 0 Å². The van der Waals surface area contributed by atoms with Crippen LogP contribution in [0.15, 0.2) is 0 Å². The third kappa shape index (κ3) is 32.8. The number of rotatable bonds is 32. The molecule has 0 heterocycles. The molecule has 1 N–H and O–H groups in total. The second-order valence-corrected chi connectivity index (χ2v) is 9.87. The minimum absolute atomic E-state index is 0.0781. The summed E-state index contributed by atoms with van der Waals surface area (Å²) >= 11 is 0. The summed E-state index contributed by atoms with van der Waals surface area (Å²) in [4.78, 5) is 21.8. The van der Waals surface area contributed by atoms with Gasteiger partial charge in [-0.25, -0.2) is 0 Å². The molecule has 0 aromatic heterocycles. The molecule has 38 heavy (non-hydrogen) atoms. The van der Waals surface area contributed by atoms with Gasteiger partial charge in [0.1, 0.15) is 6.61 Å². The fraction of sp³-hybridized carbons (Fsp3) is 0.933. The smallest absolute Gasteiger partial charge is 0.305 e. The zero-order valence-electron chi connectivity index (χ0n) is 24.4. The summed E-state index contributed by atoms with van der Waals surface area (Å²) < 4.78 is 26.9. The number of hydrogen-bond donors (Lipinski definition) is 1. The number of carbonyl (C=O) groups is 2. The van der Waals surface area contributed by atoms with E-state index in [1.54, 1.807) is 0 Å². The first-order chi connectivity index (χ1) is 18.7. The molecular weight excluding hydrogens is 488 g/mol. The first kappa shape index (κ1) is 36.8. The van der Waals surface area contributed by atoms with Gasteiger partial charge in [0, 0.05) is 19.4 Å². The van der Waals surface area contributed by atoms with E-state index in [-0.39, 0.29) is 25.4 Å². The molecule has 0 aliphatic rings. The molecule has 0 amide bonds. The molecule has 0 fully saturated rings. The van der Waals surface area contributed by atoms with E-state index in [9.17, 15) is 9.59 Å². The molecule has 8 heteroatoms. The molecule has 0 aromatic carbocycles. The maximum atomic E-state index is 11.5. The van der Waals surface area contributed by atoms with Gasteiger partial charge in [-0.15, -0.1) is 0 Å². The second kappa shape index (κ2) is 32.0. The Balaban J connectivity index is 3.09. The van der Waals surface area contributed by atoms with E-state index in [0.717, 1.165) is 13.0 Å². The maximum absolute atomic E-state index is 11.5. The molecule has 0 atom stereocenters. The van der Waals surface area contributed by atoms with Crippen molar-refractivity contribution in [3.63, 3.8) is 0 Å².